The normalized spacial score (nSPS) is 3.43. The second-order valence-electron chi connectivity index (χ2n) is 0.283. The summed E-state index contributed by atoms with van der Waals surface area (Å²) in [4.78, 5) is 14.3. The van der Waals surface area contributed by atoms with Crippen molar-refractivity contribution in [1.82, 2.24) is 0 Å². The molecule has 0 bridgehead atoms. The second-order valence-corrected chi connectivity index (χ2v) is 0.848. The molecule has 0 aliphatic carbocycles. The Morgan fingerprint density at radius 3 is 1.29 bits per heavy atom. The number of rotatable bonds is 0. The molecule has 0 aliphatic rings. The molecule has 7 heavy (non-hydrogen) atoms. The molecule has 0 spiro atoms. The Morgan fingerprint density at radius 2 is 1.29 bits per heavy atom. The summed E-state index contributed by atoms with van der Waals surface area (Å²) in [7, 11) is -3.13. The standard InChI is InChI=1S/Ca.Mg.Mn.H2O3Si.4H/c;;;1-4(2)3;;;;/h;;;1-2H;;;;. The van der Waals surface area contributed by atoms with Gasteiger partial charge in [0.1, 0.15) is 0 Å². The zero-order valence-corrected chi connectivity index (χ0v) is 4.36. The van der Waals surface area contributed by atoms with E-state index in [1.54, 1.807) is 0 Å². The Morgan fingerprint density at radius 1 is 1.29 bits per heavy atom. The Bertz CT molecular complexity index is 37.9. The predicted octanol–water partition coefficient (Wildman–Crippen LogP) is -3.45. The fraction of sp³-hybridized carbons (Fsp3) is 0. The van der Waals surface area contributed by atoms with Crippen molar-refractivity contribution in [2.75, 3.05) is 0 Å². The third-order valence-corrected chi connectivity index (χ3v) is 0. The molecule has 0 aromatic rings. The van der Waals surface area contributed by atoms with E-state index in [0.29, 0.717) is 0 Å². The summed E-state index contributed by atoms with van der Waals surface area (Å²) in [6.45, 7) is 0. The average Bonchev–Trinajstić information content (AvgIpc) is 0.811. The molecule has 39 valence electrons. The van der Waals surface area contributed by atoms with E-state index in [1.807, 2.05) is 0 Å². The molecule has 0 saturated heterocycles. The summed E-state index contributed by atoms with van der Waals surface area (Å²) in [5.74, 6) is 0. The van der Waals surface area contributed by atoms with Crippen LogP contribution in [0.15, 0.2) is 0 Å². The van der Waals surface area contributed by atoms with Crippen LogP contribution in [0.25, 0.3) is 0 Å². The molecular formula is H6CaMgMnO3Si. The van der Waals surface area contributed by atoms with Gasteiger partial charge in [0.2, 0.25) is 0 Å². The molecular weight excluding hydrogens is 195 g/mol. The van der Waals surface area contributed by atoms with E-state index in [2.05, 4.69) is 0 Å². The SMILES string of the molecule is O=[Si](O)O.[CaH2].[MgH2].[Mn]. The van der Waals surface area contributed by atoms with Crippen molar-refractivity contribution in [2.45, 2.75) is 0 Å². The zero-order chi connectivity index (χ0) is 3.58. The van der Waals surface area contributed by atoms with Crippen molar-refractivity contribution in [3.8, 4) is 0 Å². The van der Waals surface area contributed by atoms with Gasteiger partial charge in [-0.2, -0.15) is 0 Å². The van der Waals surface area contributed by atoms with E-state index in [-0.39, 0.29) is 77.9 Å². The van der Waals surface area contributed by atoms with Crippen LogP contribution >= 0.6 is 0 Å². The molecule has 0 rings (SSSR count). The largest absolute Gasteiger partial charge is 0.316 e. The summed E-state index contributed by atoms with van der Waals surface area (Å²) in [6.07, 6.45) is 0. The molecule has 0 aliphatic heterocycles. The number of hydrogen-bond acceptors (Lipinski definition) is 1. The van der Waals surface area contributed by atoms with Gasteiger partial charge in [-0.1, -0.05) is 0 Å². The van der Waals surface area contributed by atoms with Crippen LogP contribution in [0.4, 0.5) is 0 Å². The van der Waals surface area contributed by atoms with Crippen LogP contribution in [0.1, 0.15) is 0 Å². The maximum atomic E-state index is 8.74. The Balaban J connectivity index is -0.0000000150. The summed E-state index contributed by atoms with van der Waals surface area (Å²) < 4.78 is 8.74. The fourth-order valence-corrected chi connectivity index (χ4v) is 0. The third-order valence-electron chi connectivity index (χ3n) is 0. The molecule has 0 unspecified atom stereocenters. The number of hydrogen-bond donors (Lipinski definition) is 2. The molecule has 1 radical (unpaired) electrons. The van der Waals surface area contributed by atoms with Crippen molar-refractivity contribution in [3.05, 3.63) is 0 Å². The van der Waals surface area contributed by atoms with E-state index in [0.717, 1.165) is 0 Å². The average molecular weight is 201 g/mol. The van der Waals surface area contributed by atoms with Crippen LogP contribution in [0.2, 0.25) is 0 Å². The fourth-order valence-electron chi connectivity index (χ4n) is 0. The van der Waals surface area contributed by atoms with E-state index in [4.69, 9.17) is 14.1 Å². The minimum absolute atomic E-state index is 0. The monoisotopic (exact) mass is 201 g/mol. The van der Waals surface area contributed by atoms with Crippen LogP contribution in [-0.4, -0.2) is 79.6 Å². The summed E-state index contributed by atoms with van der Waals surface area (Å²) in [5.41, 5.74) is 0. The van der Waals surface area contributed by atoms with Gasteiger partial charge >= 0.3 is 70.0 Å². The minimum Gasteiger partial charge on any atom is 0 e. The van der Waals surface area contributed by atoms with Crippen LogP contribution < -0.4 is 0 Å². The minimum atomic E-state index is -3.13. The van der Waals surface area contributed by atoms with E-state index in [1.165, 1.54) is 0 Å². The summed E-state index contributed by atoms with van der Waals surface area (Å²) in [5, 5.41) is 0. The van der Waals surface area contributed by atoms with Crippen molar-refractivity contribution in [1.29, 1.82) is 0 Å². The van der Waals surface area contributed by atoms with Crippen molar-refractivity contribution in [3.63, 3.8) is 0 Å². The first-order valence-corrected chi connectivity index (χ1v) is 1.95. The van der Waals surface area contributed by atoms with Crippen LogP contribution in [0, 0.1) is 0 Å². The third kappa shape index (κ3) is 66.3. The quantitative estimate of drug-likeness (QED) is 0.401. The van der Waals surface area contributed by atoms with Crippen molar-refractivity contribution >= 4 is 70.0 Å². The molecule has 7 heteroatoms. The Hall–Kier alpha value is 2.16. The molecule has 0 aromatic carbocycles. The molecule has 0 amide bonds. The maximum absolute atomic E-state index is 8.74. The van der Waals surface area contributed by atoms with Crippen molar-refractivity contribution < 1.29 is 31.1 Å². The van der Waals surface area contributed by atoms with Crippen LogP contribution in [0.5, 0.6) is 0 Å². The molecule has 0 saturated carbocycles. The summed E-state index contributed by atoms with van der Waals surface area (Å²) in [6, 6.07) is 0. The van der Waals surface area contributed by atoms with Crippen LogP contribution in [-0.2, 0) is 21.5 Å². The topological polar surface area (TPSA) is 57.5 Å². The first-order valence-electron chi connectivity index (χ1n) is 0.651. The molecule has 2 N–H and O–H groups in total. The maximum Gasteiger partial charge on any atom is 0.316 e. The molecule has 0 aromatic heterocycles. The van der Waals surface area contributed by atoms with Gasteiger partial charge in [0.15, 0.2) is 0 Å². The molecule has 3 nitrogen and oxygen atoms in total. The van der Waals surface area contributed by atoms with E-state index >= 15 is 0 Å². The van der Waals surface area contributed by atoms with Crippen molar-refractivity contribution in [2.24, 2.45) is 0 Å². The van der Waals surface area contributed by atoms with Gasteiger partial charge in [0.05, 0.1) is 0 Å². The first-order chi connectivity index (χ1) is 1.73. The Labute approximate surface area is 99.4 Å². The van der Waals surface area contributed by atoms with E-state index in [9.17, 15) is 0 Å². The van der Waals surface area contributed by atoms with Gasteiger partial charge in [-0.3, -0.25) is 4.46 Å². The molecule has 0 fully saturated rings. The van der Waals surface area contributed by atoms with Crippen LogP contribution in [0.3, 0.4) is 0 Å². The first kappa shape index (κ1) is 22.9. The molecule has 0 heterocycles. The van der Waals surface area contributed by atoms with E-state index < -0.39 is 9.17 Å². The van der Waals surface area contributed by atoms with Gasteiger partial charge in [-0.15, -0.1) is 0 Å². The van der Waals surface area contributed by atoms with Gasteiger partial charge in [0.25, 0.3) is 0 Å². The zero-order valence-electron chi connectivity index (χ0n) is 2.18. The Kier molecular flexibility index (Phi) is 51.4. The second kappa shape index (κ2) is 15.7. The molecule has 0 atom stereocenters. The summed E-state index contributed by atoms with van der Waals surface area (Å²) >= 11 is 0. The van der Waals surface area contributed by atoms with Gasteiger partial charge in [0, 0.05) is 17.1 Å². The smallest absolute Gasteiger partial charge is 0 e. The van der Waals surface area contributed by atoms with Gasteiger partial charge in [-0.05, 0) is 0 Å². The van der Waals surface area contributed by atoms with Gasteiger partial charge in [-0.25, -0.2) is 0 Å². The van der Waals surface area contributed by atoms with Gasteiger partial charge < -0.3 is 9.59 Å². The predicted molar refractivity (Wildman–Crippen MR) is 28.0 cm³/mol.